The summed E-state index contributed by atoms with van der Waals surface area (Å²) in [4.78, 5) is 26.1. The Morgan fingerprint density at radius 1 is 0.949 bits per heavy atom. The summed E-state index contributed by atoms with van der Waals surface area (Å²) in [6.45, 7) is 1.81. The highest BCUT2D eigenvalue weighted by Crippen LogP contribution is 3.02. The number of anilines is 1. The van der Waals surface area contributed by atoms with E-state index in [4.69, 9.17) is 5.73 Å². The number of hydrogen-bond donors (Lipinski definition) is 2. The molecule has 5 aromatic rings. The van der Waals surface area contributed by atoms with Crippen LogP contribution in [0.1, 0.15) is 26.3 Å². The quantitative estimate of drug-likeness (QED) is 0.230. The maximum Gasteiger partial charge on any atom is 0.310 e. The Balaban J connectivity index is 1.51. The number of fused-ring (bicyclic) bond motifs is 1. The zero-order valence-corrected chi connectivity index (χ0v) is 20.8. The predicted molar refractivity (Wildman–Crippen MR) is 137 cm³/mol. The molecule has 0 fully saturated rings. The van der Waals surface area contributed by atoms with Crippen molar-refractivity contribution in [3.05, 3.63) is 96.1 Å². The van der Waals surface area contributed by atoms with Gasteiger partial charge < -0.3 is 11.1 Å². The normalized spacial score (nSPS) is 13.6. The van der Waals surface area contributed by atoms with Gasteiger partial charge in [0.15, 0.2) is 0 Å². The molecule has 0 saturated heterocycles. The largest absolute Gasteiger partial charge is 0.366 e. The number of nitrogens with two attached hydrogens (primary N) is 1. The van der Waals surface area contributed by atoms with Crippen LogP contribution in [0.2, 0.25) is 0 Å². The molecular formula is C25H19F5N6O2S. The molecule has 3 N–H and O–H groups in total. The minimum Gasteiger partial charge on any atom is -0.366 e. The SMILES string of the molecule is Cc1ccc(NC(=O)c2cc(C(N)=O)cc(S(F)(F)(F)(F)F)c2)cc1-n1ccn2nc(-c3cccnc3)cc12. The van der Waals surface area contributed by atoms with Crippen LogP contribution in [0, 0.1) is 6.92 Å². The lowest BCUT2D eigenvalue weighted by atomic mass is 10.1. The molecule has 0 unspecified atom stereocenters. The number of aromatic nitrogens is 4. The van der Waals surface area contributed by atoms with Gasteiger partial charge in [-0.05, 0) is 55.0 Å². The average Bonchev–Trinajstić information content (AvgIpc) is 3.45. The Morgan fingerprint density at radius 3 is 2.36 bits per heavy atom. The number of carbonyl (C=O) groups is 2. The number of primary amides is 1. The fourth-order valence-electron chi connectivity index (χ4n) is 3.98. The number of rotatable bonds is 6. The first-order valence-electron chi connectivity index (χ1n) is 11.2. The molecule has 3 heterocycles. The fraction of sp³-hybridized carbons (Fsp3) is 0.0400. The third-order valence-corrected chi connectivity index (χ3v) is 7.03. The van der Waals surface area contributed by atoms with Crippen molar-refractivity contribution in [1.82, 2.24) is 19.2 Å². The van der Waals surface area contributed by atoms with Gasteiger partial charge in [-0.15, -0.1) is 0 Å². The summed E-state index contributed by atoms with van der Waals surface area (Å²) < 4.78 is 70.7. The van der Waals surface area contributed by atoms with E-state index in [0.29, 0.717) is 17.0 Å². The zero-order chi connectivity index (χ0) is 28.2. The van der Waals surface area contributed by atoms with E-state index < -0.39 is 38.1 Å². The van der Waals surface area contributed by atoms with Gasteiger partial charge in [0.25, 0.3) is 5.91 Å². The highest BCUT2D eigenvalue weighted by molar-refractivity contribution is 8.45. The van der Waals surface area contributed by atoms with Gasteiger partial charge >= 0.3 is 10.2 Å². The van der Waals surface area contributed by atoms with Crippen LogP contribution in [0.5, 0.6) is 0 Å². The number of hydrogen-bond acceptors (Lipinski definition) is 4. The monoisotopic (exact) mass is 562 g/mol. The number of pyridine rings is 1. The van der Waals surface area contributed by atoms with Crippen molar-refractivity contribution in [2.24, 2.45) is 5.73 Å². The third-order valence-electron chi connectivity index (χ3n) is 5.90. The lowest BCUT2D eigenvalue weighted by Gasteiger charge is -2.40. The second-order valence-corrected chi connectivity index (χ2v) is 11.2. The molecule has 0 aliphatic carbocycles. The molecule has 0 spiro atoms. The third kappa shape index (κ3) is 5.18. The first-order valence-corrected chi connectivity index (χ1v) is 13.1. The summed E-state index contributed by atoms with van der Waals surface area (Å²) in [5, 5.41) is 6.93. The van der Waals surface area contributed by atoms with Gasteiger partial charge in [-0.3, -0.25) is 19.1 Å². The van der Waals surface area contributed by atoms with E-state index in [0.717, 1.165) is 17.2 Å². The topological polar surface area (TPSA) is 107 Å². The van der Waals surface area contributed by atoms with E-state index in [1.807, 2.05) is 19.1 Å². The van der Waals surface area contributed by atoms with E-state index in [2.05, 4.69) is 15.4 Å². The molecule has 0 atom stereocenters. The molecule has 2 aromatic carbocycles. The van der Waals surface area contributed by atoms with Crippen molar-refractivity contribution in [1.29, 1.82) is 0 Å². The van der Waals surface area contributed by atoms with Gasteiger partial charge in [0.1, 0.15) is 10.5 Å². The number of amides is 2. The molecule has 202 valence electrons. The Kier molecular flexibility index (Phi) is 5.41. The molecule has 5 rings (SSSR count). The van der Waals surface area contributed by atoms with Crippen molar-refractivity contribution < 1.29 is 29.0 Å². The summed E-state index contributed by atoms with van der Waals surface area (Å²) in [5.41, 5.74) is 7.05. The summed E-state index contributed by atoms with van der Waals surface area (Å²) in [6.07, 6.45) is 6.77. The van der Waals surface area contributed by atoms with Crippen LogP contribution in [0.3, 0.4) is 0 Å². The van der Waals surface area contributed by atoms with Crippen LogP contribution in [0.4, 0.5) is 25.1 Å². The van der Waals surface area contributed by atoms with Gasteiger partial charge in [0.2, 0.25) is 5.91 Å². The molecule has 39 heavy (non-hydrogen) atoms. The van der Waals surface area contributed by atoms with Crippen LogP contribution in [0.25, 0.3) is 22.6 Å². The number of nitrogens with zero attached hydrogens (tertiary/aromatic N) is 4. The Morgan fingerprint density at radius 2 is 1.69 bits per heavy atom. The highest BCUT2D eigenvalue weighted by Gasteiger charge is 2.65. The van der Waals surface area contributed by atoms with E-state index in [-0.39, 0.29) is 17.8 Å². The smallest absolute Gasteiger partial charge is 0.310 e. The van der Waals surface area contributed by atoms with Crippen LogP contribution in [0.15, 0.2) is 84.3 Å². The fourth-order valence-corrected chi connectivity index (χ4v) is 4.68. The Bertz CT molecular complexity index is 1780. The van der Waals surface area contributed by atoms with Crippen molar-refractivity contribution in [2.45, 2.75) is 11.8 Å². The number of imidazole rings is 1. The van der Waals surface area contributed by atoms with E-state index in [1.165, 1.54) is 6.07 Å². The van der Waals surface area contributed by atoms with Gasteiger partial charge in [-0.1, -0.05) is 25.5 Å². The molecule has 0 radical (unpaired) electrons. The predicted octanol–water partition coefficient (Wildman–Crippen LogP) is 6.50. The number of benzene rings is 2. The van der Waals surface area contributed by atoms with Crippen molar-refractivity contribution in [2.75, 3.05) is 5.32 Å². The maximum absolute atomic E-state index is 13.5. The summed E-state index contributed by atoms with van der Waals surface area (Å²) >= 11 is 0. The molecule has 3 aromatic heterocycles. The summed E-state index contributed by atoms with van der Waals surface area (Å²) in [7, 11) is -10.2. The minimum atomic E-state index is -10.2. The molecule has 8 nitrogen and oxygen atoms in total. The number of nitrogens with one attached hydrogen (secondary N) is 1. The van der Waals surface area contributed by atoms with Crippen LogP contribution in [-0.2, 0) is 0 Å². The average molecular weight is 563 g/mol. The first-order chi connectivity index (χ1) is 18.1. The minimum absolute atomic E-state index is 0.000160. The van der Waals surface area contributed by atoms with Crippen molar-refractivity contribution in [3.63, 3.8) is 0 Å². The van der Waals surface area contributed by atoms with E-state index in [9.17, 15) is 29.0 Å². The van der Waals surface area contributed by atoms with E-state index >= 15 is 0 Å². The number of halogens is 5. The summed E-state index contributed by atoms with van der Waals surface area (Å²) in [6, 6.07) is 10.9. The number of carbonyl (C=O) groups excluding carboxylic acids is 2. The Labute approximate surface area is 217 Å². The van der Waals surface area contributed by atoms with Crippen LogP contribution < -0.4 is 11.1 Å². The molecule has 0 aliphatic rings. The highest BCUT2D eigenvalue weighted by atomic mass is 32.5. The summed E-state index contributed by atoms with van der Waals surface area (Å²) in [5.74, 6) is -2.54. The molecule has 0 bridgehead atoms. The second kappa shape index (κ2) is 8.14. The molecular weight excluding hydrogens is 543 g/mol. The van der Waals surface area contributed by atoms with Crippen molar-refractivity contribution >= 4 is 33.4 Å². The van der Waals surface area contributed by atoms with Crippen molar-refractivity contribution in [3.8, 4) is 16.9 Å². The van der Waals surface area contributed by atoms with Gasteiger partial charge in [0.05, 0.1) is 11.4 Å². The lowest BCUT2D eigenvalue weighted by Crippen LogP contribution is -2.18. The van der Waals surface area contributed by atoms with Gasteiger partial charge in [-0.2, -0.15) is 5.10 Å². The second-order valence-electron chi connectivity index (χ2n) is 8.78. The molecule has 14 heteroatoms. The molecule has 0 aliphatic heterocycles. The van der Waals surface area contributed by atoms with Crippen LogP contribution >= 0.6 is 10.2 Å². The molecule has 2 amide bonds. The van der Waals surface area contributed by atoms with Crippen LogP contribution in [-0.4, -0.2) is 31.0 Å². The number of aryl methyl sites for hydroxylation is 1. The van der Waals surface area contributed by atoms with Gasteiger partial charge in [-0.25, -0.2) is 4.52 Å². The van der Waals surface area contributed by atoms with Gasteiger partial charge in [0, 0.05) is 53.2 Å². The zero-order valence-electron chi connectivity index (χ0n) is 20.0. The standard InChI is InChI=1S/C25H19F5N6O2S/c1-15-4-5-19(33-25(38)18-9-17(24(31)37)10-20(11-18)39(26,27,28,29)30)12-22(15)35-7-8-36-23(35)13-21(34-36)16-3-2-6-32-14-16/h2-14H,1H3,(H2,31,37)(H,33,38). The first kappa shape index (κ1) is 25.9. The van der Waals surface area contributed by atoms with E-state index in [1.54, 1.807) is 52.1 Å². The molecule has 0 saturated carbocycles. The maximum atomic E-state index is 13.5. The Hall–Kier alpha value is -4.72. The lowest BCUT2D eigenvalue weighted by molar-refractivity contribution is 0.1000.